The summed E-state index contributed by atoms with van der Waals surface area (Å²) < 4.78 is 18.1. The summed E-state index contributed by atoms with van der Waals surface area (Å²) in [7, 11) is 1.42. The van der Waals surface area contributed by atoms with E-state index >= 15 is 0 Å². The van der Waals surface area contributed by atoms with Crippen LogP contribution >= 0.6 is 0 Å². The fourth-order valence-corrected chi connectivity index (χ4v) is 2.07. The third-order valence-electron chi connectivity index (χ3n) is 3.46. The summed E-state index contributed by atoms with van der Waals surface area (Å²) in [6.45, 7) is 1.29. The molecule has 0 saturated heterocycles. The Balaban J connectivity index is 1.74. The van der Waals surface area contributed by atoms with Crippen LogP contribution in [0.2, 0.25) is 0 Å². The van der Waals surface area contributed by atoms with Gasteiger partial charge in [-0.3, -0.25) is 4.79 Å². The van der Waals surface area contributed by atoms with E-state index in [-0.39, 0.29) is 17.2 Å². The average molecular weight is 251 g/mol. The van der Waals surface area contributed by atoms with E-state index in [9.17, 15) is 9.18 Å². The zero-order valence-corrected chi connectivity index (χ0v) is 10.5. The van der Waals surface area contributed by atoms with Crippen LogP contribution in [0.1, 0.15) is 18.4 Å². The Morgan fingerprint density at radius 2 is 2.17 bits per heavy atom. The van der Waals surface area contributed by atoms with Crippen molar-refractivity contribution in [3.05, 3.63) is 35.6 Å². The molecule has 0 bridgehead atoms. The summed E-state index contributed by atoms with van der Waals surface area (Å²) in [5.74, 6) is -0.311. The second kappa shape index (κ2) is 5.48. The Morgan fingerprint density at radius 1 is 1.44 bits per heavy atom. The van der Waals surface area contributed by atoms with E-state index in [0.717, 1.165) is 12.8 Å². The van der Waals surface area contributed by atoms with Crippen molar-refractivity contribution < 1.29 is 13.9 Å². The minimum Gasteiger partial charge on any atom is -0.469 e. The monoisotopic (exact) mass is 251 g/mol. The minimum absolute atomic E-state index is 0.138. The third kappa shape index (κ3) is 2.88. The molecule has 1 aliphatic rings. The maximum atomic E-state index is 13.3. The van der Waals surface area contributed by atoms with Crippen molar-refractivity contribution in [3.8, 4) is 0 Å². The van der Waals surface area contributed by atoms with Crippen molar-refractivity contribution in [2.24, 2.45) is 5.41 Å². The summed E-state index contributed by atoms with van der Waals surface area (Å²) in [5.41, 5.74) is 0.386. The molecule has 0 radical (unpaired) electrons. The van der Waals surface area contributed by atoms with Gasteiger partial charge in [0.25, 0.3) is 0 Å². The molecule has 3 nitrogen and oxygen atoms in total. The van der Waals surface area contributed by atoms with E-state index in [0.29, 0.717) is 25.1 Å². The van der Waals surface area contributed by atoms with Crippen LogP contribution in [0.4, 0.5) is 4.39 Å². The first-order valence-electron chi connectivity index (χ1n) is 6.20. The maximum absolute atomic E-state index is 13.3. The second-order valence-electron chi connectivity index (χ2n) is 4.79. The summed E-state index contributed by atoms with van der Waals surface area (Å²) in [4.78, 5) is 11.5. The second-order valence-corrected chi connectivity index (χ2v) is 4.79. The molecule has 1 N–H and O–H groups in total. The molecular formula is C14H18FNO2. The van der Waals surface area contributed by atoms with Crippen LogP contribution in [0.25, 0.3) is 0 Å². The Morgan fingerprint density at radius 3 is 2.78 bits per heavy atom. The molecule has 0 unspecified atom stereocenters. The molecule has 0 spiro atoms. The highest BCUT2D eigenvalue weighted by Crippen LogP contribution is 2.45. The highest BCUT2D eigenvalue weighted by molar-refractivity contribution is 5.80. The van der Waals surface area contributed by atoms with Crippen LogP contribution in [0.5, 0.6) is 0 Å². The van der Waals surface area contributed by atoms with Crippen molar-refractivity contribution in [1.29, 1.82) is 0 Å². The van der Waals surface area contributed by atoms with Gasteiger partial charge in [0.1, 0.15) is 5.82 Å². The van der Waals surface area contributed by atoms with Crippen LogP contribution in [-0.2, 0) is 16.0 Å². The number of methoxy groups -OCH3 is 1. The fourth-order valence-electron chi connectivity index (χ4n) is 2.07. The Bertz CT molecular complexity index is 430. The summed E-state index contributed by atoms with van der Waals surface area (Å²) in [6.07, 6.45) is 2.39. The number of esters is 1. The largest absolute Gasteiger partial charge is 0.469 e. The van der Waals surface area contributed by atoms with Crippen molar-refractivity contribution in [3.63, 3.8) is 0 Å². The number of rotatable bonds is 6. The molecule has 1 aromatic carbocycles. The van der Waals surface area contributed by atoms with E-state index in [2.05, 4.69) is 5.32 Å². The number of benzene rings is 1. The number of ether oxygens (including phenoxy) is 1. The van der Waals surface area contributed by atoms with E-state index in [1.54, 1.807) is 12.1 Å². The molecule has 18 heavy (non-hydrogen) atoms. The zero-order chi connectivity index (χ0) is 13.0. The first-order chi connectivity index (χ1) is 8.68. The molecular weight excluding hydrogens is 233 g/mol. The molecule has 98 valence electrons. The molecule has 0 atom stereocenters. The number of halogens is 1. The molecule has 0 heterocycles. The molecule has 1 aliphatic carbocycles. The van der Waals surface area contributed by atoms with Crippen molar-refractivity contribution >= 4 is 5.97 Å². The zero-order valence-electron chi connectivity index (χ0n) is 10.5. The van der Waals surface area contributed by atoms with Gasteiger partial charge in [-0.25, -0.2) is 4.39 Å². The smallest absolute Gasteiger partial charge is 0.313 e. The lowest BCUT2D eigenvalue weighted by molar-refractivity contribution is -0.146. The SMILES string of the molecule is COC(=O)C1(CNCCc2ccccc2F)CC1. The lowest BCUT2D eigenvalue weighted by atomic mass is 10.1. The minimum atomic E-state index is -0.315. The normalized spacial score (nSPS) is 16.3. The van der Waals surface area contributed by atoms with E-state index in [4.69, 9.17) is 4.74 Å². The van der Waals surface area contributed by atoms with Crippen LogP contribution < -0.4 is 5.32 Å². The maximum Gasteiger partial charge on any atom is 0.313 e. The molecule has 0 aromatic heterocycles. The Labute approximate surface area is 106 Å². The van der Waals surface area contributed by atoms with Gasteiger partial charge in [-0.2, -0.15) is 0 Å². The molecule has 1 saturated carbocycles. The van der Waals surface area contributed by atoms with Crippen LogP contribution in [0.15, 0.2) is 24.3 Å². The quantitative estimate of drug-likeness (QED) is 0.620. The highest BCUT2D eigenvalue weighted by Gasteiger charge is 2.50. The van der Waals surface area contributed by atoms with E-state index < -0.39 is 0 Å². The van der Waals surface area contributed by atoms with Crippen LogP contribution in [-0.4, -0.2) is 26.2 Å². The topological polar surface area (TPSA) is 38.3 Å². The van der Waals surface area contributed by atoms with Gasteiger partial charge in [-0.15, -0.1) is 0 Å². The number of nitrogens with one attached hydrogen (secondary N) is 1. The highest BCUT2D eigenvalue weighted by atomic mass is 19.1. The van der Waals surface area contributed by atoms with Gasteiger partial charge in [0.2, 0.25) is 0 Å². The molecule has 2 rings (SSSR count). The van der Waals surface area contributed by atoms with Gasteiger partial charge in [0.05, 0.1) is 12.5 Å². The molecule has 1 aromatic rings. The van der Waals surface area contributed by atoms with Gasteiger partial charge in [-0.05, 0) is 37.4 Å². The number of carbonyl (C=O) groups is 1. The number of hydrogen-bond donors (Lipinski definition) is 1. The summed E-state index contributed by atoms with van der Waals surface area (Å²) in [6, 6.07) is 6.76. The van der Waals surface area contributed by atoms with Crippen molar-refractivity contribution in [2.45, 2.75) is 19.3 Å². The first kappa shape index (κ1) is 13.0. The fraction of sp³-hybridized carbons (Fsp3) is 0.500. The van der Waals surface area contributed by atoms with Gasteiger partial charge in [0.15, 0.2) is 0 Å². The van der Waals surface area contributed by atoms with E-state index in [1.165, 1.54) is 13.2 Å². The molecule has 1 fully saturated rings. The first-order valence-corrected chi connectivity index (χ1v) is 6.20. The standard InChI is InChI=1S/C14H18FNO2/c1-18-13(17)14(7-8-14)10-16-9-6-11-4-2-3-5-12(11)15/h2-5,16H,6-10H2,1H3. The molecule has 0 amide bonds. The molecule has 4 heteroatoms. The van der Waals surface area contributed by atoms with Gasteiger partial charge in [-0.1, -0.05) is 18.2 Å². The van der Waals surface area contributed by atoms with Crippen molar-refractivity contribution in [1.82, 2.24) is 5.32 Å². The number of carbonyl (C=O) groups excluding carboxylic acids is 1. The van der Waals surface area contributed by atoms with Gasteiger partial charge in [0, 0.05) is 6.54 Å². The average Bonchev–Trinajstić information content (AvgIpc) is 3.17. The predicted octanol–water partition coefficient (Wildman–Crippen LogP) is 1.91. The lowest BCUT2D eigenvalue weighted by Crippen LogP contribution is -2.32. The van der Waals surface area contributed by atoms with Gasteiger partial charge >= 0.3 is 5.97 Å². The van der Waals surface area contributed by atoms with Crippen LogP contribution in [0, 0.1) is 11.2 Å². The van der Waals surface area contributed by atoms with Crippen LogP contribution in [0.3, 0.4) is 0 Å². The Kier molecular flexibility index (Phi) is 3.97. The Hall–Kier alpha value is -1.42. The lowest BCUT2D eigenvalue weighted by Gasteiger charge is -2.13. The number of hydrogen-bond acceptors (Lipinski definition) is 3. The third-order valence-corrected chi connectivity index (χ3v) is 3.46. The summed E-state index contributed by atoms with van der Waals surface area (Å²) >= 11 is 0. The van der Waals surface area contributed by atoms with Gasteiger partial charge < -0.3 is 10.1 Å². The molecule has 0 aliphatic heterocycles. The summed E-state index contributed by atoms with van der Waals surface area (Å²) in [5, 5.41) is 3.21. The van der Waals surface area contributed by atoms with Crippen molar-refractivity contribution in [2.75, 3.05) is 20.2 Å². The predicted molar refractivity (Wildman–Crippen MR) is 66.7 cm³/mol. The van der Waals surface area contributed by atoms with E-state index in [1.807, 2.05) is 6.07 Å².